The molecule has 0 aliphatic carbocycles. The Balaban J connectivity index is 1.40. The maximum absolute atomic E-state index is 12.4. The Hall–Kier alpha value is -2.93. The van der Waals surface area contributed by atoms with E-state index in [-0.39, 0.29) is 18.0 Å². The van der Waals surface area contributed by atoms with E-state index in [1.165, 1.54) is 6.42 Å². The number of hydrogen-bond acceptors (Lipinski definition) is 5. The Labute approximate surface area is 171 Å². The van der Waals surface area contributed by atoms with E-state index >= 15 is 0 Å². The Kier molecular flexibility index (Phi) is 5.49. The molecule has 2 aliphatic rings. The second-order valence-corrected chi connectivity index (χ2v) is 8.01. The molecule has 1 saturated heterocycles. The largest absolute Gasteiger partial charge is 0.335 e. The van der Waals surface area contributed by atoms with Crippen molar-refractivity contribution < 1.29 is 9.59 Å². The van der Waals surface area contributed by atoms with Gasteiger partial charge in [-0.25, -0.2) is 4.98 Å². The zero-order valence-electron chi connectivity index (χ0n) is 16.9. The molecule has 2 N–H and O–H groups in total. The van der Waals surface area contributed by atoms with Gasteiger partial charge in [0.15, 0.2) is 0 Å². The molecule has 4 rings (SSSR count). The molecular formula is C22H27N5O2. The van der Waals surface area contributed by atoms with Gasteiger partial charge < -0.3 is 15.5 Å². The van der Waals surface area contributed by atoms with Crippen molar-refractivity contribution in [3.63, 3.8) is 0 Å². The first kappa shape index (κ1) is 19.4. The van der Waals surface area contributed by atoms with Gasteiger partial charge in [0.05, 0.1) is 12.1 Å². The fraction of sp³-hybridized carbons (Fsp3) is 0.409. The Morgan fingerprint density at radius 3 is 2.83 bits per heavy atom. The van der Waals surface area contributed by atoms with Gasteiger partial charge in [0.25, 0.3) is 5.91 Å². The van der Waals surface area contributed by atoms with E-state index in [0.29, 0.717) is 23.8 Å². The van der Waals surface area contributed by atoms with E-state index in [0.717, 1.165) is 30.8 Å². The number of carbonyl (C=O) groups excluding carboxylic acids is 2. The minimum absolute atomic E-state index is 0.00747. The van der Waals surface area contributed by atoms with Gasteiger partial charge in [-0.3, -0.25) is 14.5 Å². The minimum Gasteiger partial charge on any atom is -0.335 e. The topological polar surface area (TPSA) is 77.6 Å². The average molecular weight is 393 g/mol. The summed E-state index contributed by atoms with van der Waals surface area (Å²) in [5.74, 6) is 1.19. The number of piperidine rings is 1. The summed E-state index contributed by atoms with van der Waals surface area (Å²) >= 11 is 0. The van der Waals surface area contributed by atoms with E-state index in [4.69, 9.17) is 0 Å². The molecule has 2 aromatic rings. The van der Waals surface area contributed by atoms with E-state index < -0.39 is 0 Å². The standard InChI is InChI=1S/C22H27N5O2/c1-15-5-4-12-27(13-15)14-19(28)24-17-9-7-16(8-10-17)20-25-22(29)18-6-3-11-23-21(18)26(20)2/h3,6-11,15,20H,4-5,12-14H2,1-2H3,(H,24,28)(H,25,29)/t15-,20-/m1/s1. The molecule has 7 nitrogen and oxygen atoms in total. The molecule has 2 aliphatic heterocycles. The van der Waals surface area contributed by atoms with Crippen LogP contribution in [-0.2, 0) is 4.79 Å². The number of likely N-dealkylation sites (tertiary alicyclic amines) is 1. The van der Waals surface area contributed by atoms with Crippen molar-refractivity contribution in [2.75, 3.05) is 36.9 Å². The fourth-order valence-corrected chi connectivity index (χ4v) is 4.17. The number of nitrogens with zero attached hydrogens (tertiary/aromatic N) is 3. The lowest BCUT2D eigenvalue weighted by Crippen LogP contribution is -2.45. The Morgan fingerprint density at radius 2 is 2.07 bits per heavy atom. The molecule has 7 heteroatoms. The third kappa shape index (κ3) is 4.24. The zero-order valence-corrected chi connectivity index (χ0v) is 16.9. The van der Waals surface area contributed by atoms with Crippen molar-refractivity contribution in [1.82, 2.24) is 15.2 Å². The summed E-state index contributed by atoms with van der Waals surface area (Å²) in [6.07, 6.45) is 3.78. The van der Waals surface area contributed by atoms with Gasteiger partial charge in [0, 0.05) is 25.5 Å². The van der Waals surface area contributed by atoms with Gasteiger partial charge in [-0.2, -0.15) is 0 Å². The number of carbonyl (C=O) groups is 2. The van der Waals surface area contributed by atoms with Gasteiger partial charge in [-0.1, -0.05) is 19.1 Å². The van der Waals surface area contributed by atoms with Crippen LogP contribution in [0.5, 0.6) is 0 Å². The first-order valence-corrected chi connectivity index (χ1v) is 10.1. The predicted molar refractivity (Wildman–Crippen MR) is 113 cm³/mol. The van der Waals surface area contributed by atoms with Crippen molar-refractivity contribution in [2.24, 2.45) is 5.92 Å². The average Bonchev–Trinajstić information content (AvgIpc) is 2.71. The number of hydrogen-bond donors (Lipinski definition) is 2. The Bertz CT molecular complexity index is 898. The third-order valence-electron chi connectivity index (χ3n) is 5.64. The lowest BCUT2D eigenvalue weighted by molar-refractivity contribution is -0.117. The third-order valence-corrected chi connectivity index (χ3v) is 5.64. The van der Waals surface area contributed by atoms with Gasteiger partial charge in [-0.15, -0.1) is 0 Å². The molecule has 1 aromatic heterocycles. The van der Waals surface area contributed by atoms with E-state index in [2.05, 4.69) is 27.4 Å². The first-order valence-electron chi connectivity index (χ1n) is 10.1. The van der Waals surface area contributed by atoms with Crippen LogP contribution in [0.2, 0.25) is 0 Å². The number of aromatic nitrogens is 1. The maximum atomic E-state index is 12.4. The van der Waals surface area contributed by atoms with Crippen LogP contribution in [0.3, 0.4) is 0 Å². The second-order valence-electron chi connectivity index (χ2n) is 8.01. The normalized spacial score (nSPS) is 22.0. The maximum Gasteiger partial charge on any atom is 0.256 e. The molecular weight excluding hydrogens is 366 g/mol. The molecule has 1 aromatic carbocycles. The molecule has 2 amide bonds. The summed E-state index contributed by atoms with van der Waals surface area (Å²) in [6.45, 7) is 4.63. The highest BCUT2D eigenvalue weighted by atomic mass is 16.2. The molecule has 0 radical (unpaired) electrons. The molecule has 0 saturated carbocycles. The summed E-state index contributed by atoms with van der Waals surface area (Å²) in [7, 11) is 1.91. The van der Waals surface area contributed by atoms with Crippen LogP contribution in [0, 0.1) is 5.92 Å². The fourth-order valence-electron chi connectivity index (χ4n) is 4.17. The monoisotopic (exact) mass is 393 g/mol. The van der Waals surface area contributed by atoms with Crippen molar-refractivity contribution in [1.29, 1.82) is 0 Å². The first-order chi connectivity index (χ1) is 14.0. The van der Waals surface area contributed by atoms with Gasteiger partial charge in [0.1, 0.15) is 12.0 Å². The number of nitrogens with one attached hydrogen (secondary N) is 2. The van der Waals surface area contributed by atoms with Crippen LogP contribution in [0.15, 0.2) is 42.6 Å². The number of anilines is 2. The van der Waals surface area contributed by atoms with Gasteiger partial charge in [-0.05, 0) is 55.1 Å². The van der Waals surface area contributed by atoms with Crippen LogP contribution in [0.1, 0.15) is 41.9 Å². The quantitative estimate of drug-likeness (QED) is 0.835. The predicted octanol–water partition coefficient (Wildman–Crippen LogP) is 2.63. The van der Waals surface area contributed by atoms with Gasteiger partial charge >= 0.3 is 0 Å². The number of fused-ring (bicyclic) bond motifs is 1. The van der Waals surface area contributed by atoms with Crippen molar-refractivity contribution in [3.05, 3.63) is 53.7 Å². The lowest BCUT2D eigenvalue weighted by Gasteiger charge is -2.35. The summed E-state index contributed by atoms with van der Waals surface area (Å²) < 4.78 is 0. The van der Waals surface area contributed by atoms with Crippen LogP contribution in [-0.4, -0.2) is 48.4 Å². The summed E-state index contributed by atoms with van der Waals surface area (Å²) in [6, 6.07) is 11.1. The molecule has 0 spiro atoms. The molecule has 2 atom stereocenters. The van der Waals surface area contributed by atoms with Crippen molar-refractivity contribution >= 4 is 23.3 Å². The molecule has 0 bridgehead atoms. The molecule has 152 valence electrons. The Morgan fingerprint density at radius 1 is 1.28 bits per heavy atom. The highest BCUT2D eigenvalue weighted by Crippen LogP contribution is 2.30. The van der Waals surface area contributed by atoms with E-state index in [9.17, 15) is 9.59 Å². The number of amides is 2. The molecule has 3 heterocycles. The van der Waals surface area contributed by atoms with Gasteiger partial charge in [0.2, 0.25) is 5.91 Å². The van der Waals surface area contributed by atoms with Crippen molar-refractivity contribution in [3.8, 4) is 0 Å². The molecule has 0 unspecified atom stereocenters. The molecule has 29 heavy (non-hydrogen) atoms. The van der Waals surface area contributed by atoms with Crippen LogP contribution in [0.25, 0.3) is 0 Å². The second kappa shape index (κ2) is 8.21. The number of pyridine rings is 1. The van der Waals surface area contributed by atoms with E-state index in [1.54, 1.807) is 18.3 Å². The smallest absolute Gasteiger partial charge is 0.256 e. The number of rotatable bonds is 4. The van der Waals surface area contributed by atoms with Crippen LogP contribution in [0.4, 0.5) is 11.5 Å². The summed E-state index contributed by atoms with van der Waals surface area (Å²) in [5.41, 5.74) is 2.26. The van der Waals surface area contributed by atoms with Crippen LogP contribution >= 0.6 is 0 Å². The van der Waals surface area contributed by atoms with Crippen molar-refractivity contribution in [2.45, 2.75) is 25.9 Å². The minimum atomic E-state index is -0.301. The highest BCUT2D eigenvalue weighted by molar-refractivity contribution is 6.01. The lowest BCUT2D eigenvalue weighted by atomic mass is 10.0. The molecule has 1 fully saturated rings. The summed E-state index contributed by atoms with van der Waals surface area (Å²) in [4.78, 5) is 33.3. The van der Waals surface area contributed by atoms with E-state index in [1.807, 2.05) is 36.2 Å². The number of benzene rings is 1. The zero-order chi connectivity index (χ0) is 20.4. The van der Waals surface area contributed by atoms with Crippen LogP contribution < -0.4 is 15.5 Å². The highest BCUT2D eigenvalue weighted by Gasteiger charge is 2.30. The summed E-state index contributed by atoms with van der Waals surface area (Å²) in [5, 5.41) is 5.99. The SMILES string of the molecule is C[C@@H]1CCCN(CC(=O)Nc2ccc([C@@H]3NC(=O)c4cccnc4N3C)cc2)C1.